The first-order valence-electron chi connectivity index (χ1n) is 12.4. The zero-order valence-corrected chi connectivity index (χ0v) is 20.9. The van der Waals surface area contributed by atoms with Crippen LogP contribution in [0, 0.1) is 39.4 Å². The van der Waals surface area contributed by atoms with Gasteiger partial charge in [0.15, 0.2) is 0 Å². The third kappa shape index (κ3) is 3.91. The van der Waals surface area contributed by atoms with E-state index in [1.807, 2.05) is 0 Å². The molecule has 0 aromatic rings. The van der Waals surface area contributed by atoms with Gasteiger partial charge < -0.3 is 4.74 Å². The van der Waals surface area contributed by atoms with Crippen LogP contribution in [0.4, 0.5) is 0 Å². The van der Waals surface area contributed by atoms with Gasteiger partial charge in [-0.15, -0.1) is 0 Å². The molecule has 0 amide bonds. The van der Waals surface area contributed by atoms with E-state index in [1.54, 1.807) is 0 Å². The summed E-state index contributed by atoms with van der Waals surface area (Å²) < 4.78 is 6.82. The molecule has 4 rings (SSSR count). The topological polar surface area (TPSA) is 26.3 Å². The summed E-state index contributed by atoms with van der Waals surface area (Å²) in [7, 11) is 0. The van der Waals surface area contributed by atoms with Crippen molar-refractivity contribution < 1.29 is 9.53 Å². The lowest BCUT2D eigenvalue weighted by molar-refractivity contribution is -0.225. The quantitative estimate of drug-likeness (QED) is 0.422. The molecule has 29 heavy (non-hydrogen) atoms. The monoisotopic (exact) mass is 404 g/mol. The number of rotatable bonds is 6. The molecule has 4 bridgehead atoms. The second-order valence-corrected chi connectivity index (χ2v) is 13.6. The summed E-state index contributed by atoms with van der Waals surface area (Å²) in [5, 5.41) is 0. The van der Waals surface area contributed by atoms with Crippen molar-refractivity contribution in [2.45, 2.75) is 126 Å². The van der Waals surface area contributed by atoms with E-state index in [1.165, 1.54) is 38.5 Å². The Hall–Kier alpha value is -0.530. The van der Waals surface area contributed by atoms with Crippen molar-refractivity contribution >= 4 is 5.97 Å². The van der Waals surface area contributed by atoms with Crippen molar-refractivity contribution in [3.8, 4) is 0 Å². The Morgan fingerprint density at radius 1 is 0.828 bits per heavy atom. The van der Waals surface area contributed by atoms with Crippen LogP contribution in [0.1, 0.15) is 120 Å². The Morgan fingerprint density at radius 3 is 1.55 bits per heavy atom. The minimum Gasteiger partial charge on any atom is -0.458 e. The lowest BCUT2D eigenvalue weighted by atomic mass is 9.44. The van der Waals surface area contributed by atoms with E-state index in [4.69, 9.17) is 4.74 Å². The summed E-state index contributed by atoms with van der Waals surface area (Å²) in [6.07, 6.45) is 10.9. The molecule has 4 saturated carbocycles. The number of esters is 1. The van der Waals surface area contributed by atoms with E-state index in [0.717, 1.165) is 37.0 Å². The van der Waals surface area contributed by atoms with Crippen LogP contribution in [-0.2, 0) is 9.53 Å². The van der Waals surface area contributed by atoms with E-state index in [0.29, 0.717) is 0 Å². The minimum atomic E-state index is -0.483. The predicted octanol–water partition coefficient (Wildman–Crippen LogP) is 7.79. The first kappa shape index (κ1) is 23.1. The molecule has 0 radical (unpaired) electrons. The highest BCUT2D eigenvalue weighted by Gasteiger charge is 2.62. The zero-order chi connectivity index (χ0) is 21.9. The van der Waals surface area contributed by atoms with Crippen LogP contribution in [0.15, 0.2) is 0 Å². The molecule has 0 spiro atoms. The highest BCUT2D eigenvalue weighted by molar-refractivity contribution is 5.78. The van der Waals surface area contributed by atoms with Crippen molar-refractivity contribution in [1.29, 1.82) is 0 Å². The molecule has 0 aliphatic heterocycles. The summed E-state index contributed by atoms with van der Waals surface area (Å²) in [4.78, 5) is 14.0. The largest absolute Gasteiger partial charge is 0.458 e. The van der Waals surface area contributed by atoms with E-state index >= 15 is 0 Å². The number of ether oxygens (including phenoxy) is 1. The second-order valence-electron chi connectivity index (χ2n) is 13.6. The van der Waals surface area contributed by atoms with Gasteiger partial charge in [-0.3, -0.25) is 4.79 Å². The Labute approximate surface area is 180 Å². The molecule has 4 fully saturated rings. The summed E-state index contributed by atoms with van der Waals surface area (Å²) in [5.41, 5.74) is -0.593. The van der Waals surface area contributed by atoms with Crippen molar-refractivity contribution in [2.24, 2.45) is 39.4 Å². The molecule has 0 heterocycles. The van der Waals surface area contributed by atoms with Gasteiger partial charge in [0.05, 0.1) is 5.41 Å². The lowest BCUT2D eigenvalue weighted by Crippen LogP contribution is -2.61. The molecule has 168 valence electrons. The van der Waals surface area contributed by atoms with E-state index in [2.05, 4.69) is 62.3 Å². The molecule has 1 atom stereocenters. The van der Waals surface area contributed by atoms with Gasteiger partial charge in [0.25, 0.3) is 0 Å². The van der Waals surface area contributed by atoms with Gasteiger partial charge in [0.2, 0.25) is 0 Å². The molecule has 4 aliphatic rings. The summed E-state index contributed by atoms with van der Waals surface area (Å²) in [6.45, 7) is 20.1. The zero-order valence-electron chi connectivity index (χ0n) is 20.9. The van der Waals surface area contributed by atoms with Gasteiger partial charge in [0, 0.05) is 5.41 Å². The molecule has 2 heteroatoms. The van der Waals surface area contributed by atoms with Gasteiger partial charge >= 0.3 is 5.97 Å². The Morgan fingerprint density at radius 2 is 1.24 bits per heavy atom. The molecule has 0 aromatic carbocycles. The molecule has 2 nitrogen and oxygen atoms in total. The fourth-order valence-electron chi connectivity index (χ4n) is 7.92. The van der Waals surface area contributed by atoms with Crippen LogP contribution in [0.2, 0.25) is 0 Å². The SMILES string of the molecule is CCC(CC)(OC(=O)C(C)(CC(C)(C)C)C(C)(C)C)C12CC3CC(CC(C3)C1)C2. The van der Waals surface area contributed by atoms with Crippen LogP contribution in [0.3, 0.4) is 0 Å². The number of hydrogen-bond acceptors (Lipinski definition) is 2. The van der Waals surface area contributed by atoms with Crippen molar-refractivity contribution in [3.05, 3.63) is 0 Å². The summed E-state index contributed by atoms with van der Waals surface area (Å²) in [5.74, 6) is 2.68. The molecule has 0 saturated heterocycles. The van der Waals surface area contributed by atoms with E-state index in [9.17, 15) is 4.79 Å². The lowest BCUT2D eigenvalue weighted by Gasteiger charge is -2.63. The van der Waals surface area contributed by atoms with Crippen LogP contribution in [0.5, 0.6) is 0 Å². The normalized spacial score (nSPS) is 34.2. The molecule has 1 unspecified atom stereocenters. The molecule has 0 N–H and O–H groups in total. The minimum absolute atomic E-state index is 0.0550. The highest BCUT2D eigenvalue weighted by Crippen LogP contribution is 2.66. The van der Waals surface area contributed by atoms with Crippen LogP contribution >= 0.6 is 0 Å². The van der Waals surface area contributed by atoms with Crippen molar-refractivity contribution in [1.82, 2.24) is 0 Å². The molecular formula is C27H48O2. The maximum absolute atomic E-state index is 14.0. The van der Waals surface area contributed by atoms with E-state index in [-0.39, 0.29) is 27.8 Å². The highest BCUT2D eigenvalue weighted by atomic mass is 16.6. The average molecular weight is 405 g/mol. The summed E-state index contributed by atoms with van der Waals surface area (Å²) >= 11 is 0. The van der Waals surface area contributed by atoms with Crippen LogP contribution in [-0.4, -0.2) is 11.6 Å². The standard InChI is InChI=1S/C27H48O2/c1-10-27(11-2,26-15-19-12-20(16-26)14-21(13-19)17-26)29-22(28)25(9,24(6,7)8)18-23(3,4)5/h19-21H,10-18H2,1-9H3. The maximum atomic E-state index is 14.0. The Balaban J connectivity index is 1.94. The molecular weight excluding hydrogens is 356 g/mol. The second kappa shape index (κ2) is 7.27. The smallest absolute Gasteiger partial charge is 0.312 e. The molecule has 4 aliphatic carbocycles. The van der Waals surface area contributed by atoms with Gasteiger partial charge in [0.1, 0.15) is 5.60 Å². The van der Waals surface area contributed by atoms with Gasteiger partial charge in [-0.25, -0.2) is 0 Å². The maximum Gasteiger partial charge on any atom is 0.312 e. The number of hydrogen-bond donors (Lipinski definition) is 0. The van der Waals surface area contributed by atoms with Crippen LogP contribution in [0.25, 0.3) is 0 Å². The van der Waals surface area contributed by atoms with E-state index < -0.39 is 5.41 Å². The Kier molecular flexibility index (Phi) is 5.80. The van der Waals surface area contributed by atoms with Gasteiger partial charge in [-0.05, 0) is 93.3 Å². The average Bonchev–Trinajstić information content (AvgIpc) is 2.55. The first-order chi connectivity index (χ1) is 13.2. The number of carbonyl (C=O) groups is 1. The first-order valence-corrected chi connectivity index (χ1v) is 12.4. The fraction of sp³-hybridized carbons (Fsp3) is 0.963. The third-order valence-corrected chi connectivity index (χ3v) is 9.42. The fourth-order valence-corrected chi connectivity index (χ4v) is 7.92. The molecule has 0 aromatic heterocycles. The predicted molar refractivity (Wildman–Crippen MR) is 122 cm³/mol. The van der Waals surface area contributed by atoms with Gasteiger partial charge in [-0.1, -0.05) is 55.4 Å². The number of carbonyl (C=O) groups excluding carboxylic acids is 1. The Bertz CT molecular complexity index is 578. The van der Waals surface area contributed by atoms with Gasteiger partial charge in [-0.2, -0.15) is 0 Å². The van der Waals surface area contributed by atoms with Crippen molar-refractivity contribution in [2.75, 3.05) is 0 Å². The van der Waals surface area contributed by atoms with Crippen molar-refractivity contribution in [3.63, 3.8) is 0 Å². The summed E-state index contributed by atoms with van der Waals surface area (Å²) in [6, 6.07) is 0. The van der Waals surface area contributed by atoms with Crippen LogP contribution < -0.4 is 0 Å². The third-order valence-electron chi connectivity index (χ3n) is 9.42.